The molecule has 0 saturated carbocycles. The van der Waals surface area contributed by atoms with Crippen LogP contribution in [0.3, 0.4) is 0 Å². The fourth-order valence-electron chi connectivity index (χ4n) is 2.68. The van der Waals surface area contributed by atoms with Crippen molar-refractivity contribution in [3.05, 3.63) is 34.9 Å². The summed E-state index contributed by atoms with van der Waals surface area (Å²) in [7, 11) is 1.99. The van der Waals surface area contributed by atoms with Gasteiger partial charge in [-0.05, 0) is 44.9 Å². The molecule has 1 aromatic rings. The molecule has 106 valence electrons. The van der Waals surface area contributed by atoms with Crippen LogP contribution in [0.15, 0.2) is 18.2 Å². The van der Waals surface area contributed by atoms with Crippen LogP contribution in [-0.2, 0) is 0 Å². The second-order valence-electron chi connectivity index (χ2n) is 5.12. The van der Waals surface area contributed by atoms with Crippen LogP contribution >= 0.6 is 12.4 Å². The zero-order valence-corrected chi connectivity index (χ0v) is 12.7. The van der Waals surface area contributed by atoms with Crippen molar-refractivity contribution in [2.75, 3.05) is 20.1 Å². The average molecular weight is 283 g/mol. The number of piperidine rings is 1. The van der Waals surface area contributed by atoms with Crippen LogP contribution in [0.1, 0.15) is 34.3 Å². The number of aryl methyl sites for hydroxylation is 2. The molecule has 1 fully saturated rings. The van der Waals surface area contributed by atoms with Gasteiger partial charge in [0.2, 0.25) is 0 Å². The normalized spacial score (nSPS) is 16.1. The van der Waals surface area contributed by atoms with Gasteiger partial charge in [0.05, 0.1) is 0 Å². The van der Waals surface area contributed by atoms with Gasteiger partial charge in [0.1, 0.15) is 0 Å². The minimum absolute atomic E-state index is 0. The number of carbonyl (C=O) groups is 1. The number of likely N-dealkylation sites (tertiary alicyclic amines) is 1. The molecule has 0 atom stereocenters. The highest BCUT2D eigenvalue weighted by atomic mass is 35.5. The van der Waals surface area contributed by atoms with Gasteiger partial charge in [0.25, 0.3) is 5.91 Å². The molecule has 1 saturated heterocycles. The van der Waals surface area contributed by atoms with Gasteiger partial charge in [-0.3, -0.25) is 4.79 Å². The smallest absolute Gasteiger partial charge is 0.254 e. The van der Waals surface area contributed by atoms with Crippen LogP contribution in [-0.4, -0.2) is 37.0 Å². The molecule has 1 heterocycles. The van der Waals surface area contributed by atoms with Gasteiger partial charge in [-0.15, -0.1) is 12.4 Å². The molecule has 1 N–H and O–H groups in total. The second kappa shape index (κ2) is 6.92. The first kappa shape index (κ1) is 16.0. The van der Waals surface area contributed by atoms with E-state index in [1.807, 2.05) is 44.0 Å². The van der Waals surface area contributed by atoms with E-state index in [1.165, 1.54) is 0 Å². The molecule has 0 bridgehead atoms. The monoisotopic (exact) mass is 282 g/mol. The summed E-state index contributed by atoms with van der Waals surface area (Å²) >= 11 is 0. The predicted octanol–water partition coefficient (Wildman–Crippen LogP) is 2.55. The SMILES string of the molecule is CNC1CCN(C(=O)c2c(C)cccc2C)CC1.Cl. The molecule has 1 aliphatic rings. The molecule has 1 aliphatic heterocycles. The van der Waals surface area contributed by atoms with E-state index < -0.39 is 0 Å². The third-order valence-corrected chi connectivity index (χ3v) is 3.89. The largest absolute Gasteiger partial charge is 0.339 e. The van der Waals surface area contributed by atoms with E-state index >= 15 is 0 Å². The van der Waals surface area contributed by atoms with Crippen LogP contribution in [0.5, 0.6) is 0 Å². The number of rotatable bonds is 2. The lowest BCUT2D eigenvalue weighted by molar-refractivity contribution is 0.0706. The molecule has 0 radical (unpaired) electrons. The highest BCUT2D eigenvalue weighted by Gasteiger charge is 2.24. The minimum Gasteiger partial charge on any atom is -0.339 e. The maximum atomic E-state index is 12.5. The Hall–Kier alpha value is -1.06. The van der Waals surface area contributed by atoms with E-state index in [9.17, 15) is 4.79 Å². The van der Waals surface area contributed by atoms with Crippen LogP contribution in [0.2, 0.25) is 0 Å². The highest BCUT2D eigenvalue weighted by molar-refractivity contribution is 5.97. The number of halogens is 1. The van der Waals surface area contributed by atoms with Crippen molar-refractivity contribution in [2.45, 2.75) is 32.7 Å². The lowest BCUT2D eigenvalue weighted by atomic mass is 9.99. The van der Waals surface area contributed by atoms with Crippen molar-refractivity contribution in [3.63, 3.8) is 0 Å². The Balaban J connectivity index is 0.00000180. The third kappa shape index (κ3) is 3.48. The standard InChI is InChI=1S/C15H22N2O.ClH/c1-11-5-4-6-12(2)14(11)15(18)17-9-7-13(16-3)8-10-17;/h4-6,13,16H,7-10H2,1-3H3;1H. The maximum Gasteiger partial charge on any atom is 0.254 e. The van der Waals surface area contributed by atoms with Crippen molar-refractivity contribution in [1.82, 2.24) is 10.2 Å². The van der Waals surface area contributed by atoms with Crippen LogP contribution in [0.4, 0.5) is 0 Å². The molecule has 0 aromatic heterocycles. The van der Waals surface area contributed by atoms with Gasteiger partial charge in [-0.1, -0.05) is 18.2 Å². The third-order valence-electron chi connectivity index (χ3n) is 3.89. The Morgan fingerprint density at radius 1 is 1.21 bits per heavy atom. The molecule has 0 spiro atoms. The lowest BCUT2D eigenvalue weighted by Crippen LogP contribution is -2.44. The first-order valence-electron chi connectivity index (χ1n) is 6.66. The number of amides is 1. The van der Waals surface area contributed by atoms with Gasteiger partial charge < -0.3 is 10.2 Å². The van der Waals surface area contributed by atoms with Crippen molar-refractivity contribution in [3.8, 4) is 0 Å². The summed E-state index contributed by atoms with van der Waals surface area (Å²) < 4.78 is 0. The summed E-state index contributed by atoms with van der Waals surface area (Å²) in [5.74, 6) is 0.195. The topological polar surface area (TPSA) is 32.3 Å². The Bertz CT molecular complexity index is 420. The van der Waals surface area contributed by atoms with Crippen molar-refractivity contribution >= 4 is 18.3 Å². The number of hydrogen-bond donors (Lipinski definition) is 1. The Morgan fingerprint density at radius 3 is 2.21 bits per heavy atom. The summed E-state index contributed by atoms with van der Waals surface area (Å²) in [6, 6.07) is 6.60. The second-order valence-corrected chi connectivity index (χ2v) is 5.12. The maximum absolute atomic E-state index is 12.5. The number of hydrogen-bond acceptors (Lipinski definition) is 2. The van der Waals surface area contributed by atoms with Gasteiger partial charge in [0, 0.05) is 24.7 Å². The van der Waals surface area contributed by atoms with Crippen LogP contribution in [0, 0.1) is 13.8 Å². The average Bonchev–Trinajstić information content (AvgIpc) is 2.38. The zero-order chi connectivity index (χ0) is 13.1. The molecule has 0 aliphatic carbocycles. The predicted molar refractivity (Wildman–Crippen MR) is 81.1 cm³/mol. The summed E-state index contributed by atoms with van der Waals surface area (Å²) in [4.78, 5) is 14.5. The number of benzene rings is 1. The fourth-order valence-corrected chi connectivity index (χ4v) is 2.68. The lowest BCUT2D eigenvalue weighted by Gasteiger charge is -2.32. The van der Waals surface area contributed by atoms with Gasteiger partial charge >= 0.3 is 0 Å². The summed E-state index contributed by atoms with van der Waals surface area (Å²) in [6.45, 7) is 5.75. The molecule has 1 aromatic carbocycles. The Morgan fingerprint density at radius 2 is 1.74 bits per heavy atom. The van der Waals surface area contributed by atoms with Crippen molar-refractivity contribution < 1.29 is 4.79 Å². The van der Waals surface area contributed by atoms with E-state index in [0.717, 1.165) is 42.6 Å². The molecule has 4 heteroatoms. The molecular formula is C15H23ClN2O. The fraction of sp³-hybridized carbons (Fsp3) is 0.533. The molecular weight excluding hydrogens is 260 g/mol. The van der Waals surface area contributed by atoms with E-state index in [-0.39, 0.29) is 18.3 Å². The van der Waals surface area contributed by atoms with Gasteiger partial charge in [0.15, 0.2) is 0 Å². The van der Waals surface area contributed by atoms with E-state index in [4.69, 9.17) is 0 Å². The van der Waals surface area contributed by atoms with Crippen LogP contribution < -0.4 is 5.32 Å². The molecule has 3 nitrogen and oxygen atoms in total. The first-order valence-corrected chi connectivity index (χ1v) is 6.66. The summed E-state index contributed by atoms with van der Waals surface area (Å²) in [6.07, 6.45) is 2.10. The number of carbonyl (C=O) groups excluding carboxylic acids is 1. The molecule has 0 unspecified atom stereocenters. The quantitative estimate of drug-likeness (QED) is 0.904. The van der Waals surface area contributed by atoms with E-state index in [1.54, 1.807) is 0 Å². The number of nitrogens with one attached hydrogen (secondary N) is 1. The highest BCUT2D eigenvalue weighted by Crippen LogP contribution is 2.19. The van der Waals surface area contributed by atoms with Crippen molar-refractivity contribution in [1.29, 1.82) is 0 Å². The molecule has 2 rings (SSSR count). The Labute approximate surface area is 121 Å². The van der Waals surface area contributed by atoms with E-state index in [2.05, 4.69) is 5.32 Å². The van der Waals surface area contributed by atoms with Gasteiger partial charge in [-0.25, -0.2) is 0 Å². The molecule has 1 amide bonds. The summed E-state index contributed by atoms with van der Waals surface area (Å²) in [5.41, 5.74) is 3.05. The molecule has 19 heavy (non-hydrogen) atoms. The number of nitrogens with zero attached hydrogens (tertiary/aromatic N) is 1. The minimum atomic E-state index is 0. The van der Waals surface area contributed by atoms with Crippen molar-refractivity contribution in [2.24, 2.45) is 0 Å². The zero-order valence-electron chi connectivity index (χ0n) is 11.9. The van der Waals surface area contributed by atoms with Gasteiger partial charge in [-0.2, -0.15) is 0 Å². The van der Waals surface area contributed by atoms with E-state index in [0.29, 0.717) is 6.04 Å². The van der Waals surface area contributed by atoms with Crippen LogP contribution in [0.25, 0.3) is 0 Å². The first-order chi connectivity index (χ1) is 8.63. The Kier molecular flexibility index (Phi) is 5.83. The summed E-state index contributed by atoms with van der Waals surface area (Å²) in [5, 5.41) is 3.29.